The third-order valence-corrected chi connectivity index (χ3v) is 17.8. The molecule has 68 heavy (non-hydrogen) atoms. The van der Waals surface area contributed by atoms with E-state index in [2.05, 4.69) is 26.5 Å². The van der Waals surface area contributed by atoms with Crippen LogP contribution in [0.15, 0.2) is 23.8 Å². The number of aliphatic hydroxyl groups is 8. The first-order valence-electron chi connectivity index (χ1n) is 24.4. The van der Waals surface area contributed by atoms with E-state index in [-0.39, 0.29) is 60.7 Å². The first-order chi connectivity index (χ1) is 32.0. The molecular formula is C48H72O20. The maximum Gasteiger partial charge on any atom is 0.303 e. The summed E-state index contributed by atoms with van der Waals surface area (Å²) in [4.78, 5) is 24.1. The Bertz CT molecular complexity index is 1940. The van der Waals surface area contributed by atoms with E-state index < -0.39 is 134 Å². The van der Waals surface area contributed by atoms with Gasteiger partial charge in [-0.3, -0.25) is 9.59 Å². The average molecular weight is 969 g/mol. The molecule has 5 heterocycles. The largest absolute Gasteiger partial charge is 0.456 e. The van der Waals surface area contributed by atoms with E-state index in [1.807, 2.05) is 6.92 Å². The lowest BCUT2D eigenvalue weighted by atomic mass is 9.46. The molecule has 8 N–H and O–H groups in total. The number of hydrogen-bond donors (Lipinski definition) is 8. The van der Waals surface area contributed by atoms with Crippen LogP contribution in [-0.2, 0) is 57.0 Å². The monoisotopic (exact) mass is 968 g/mol. The maximum atomic E-state index is 12.2. The van der Waals surface area contributed by atoms with E-state index in [1.54, 1.807) is 13.8 Å². The van der Waals surface area contributed by atoms with Crippen molar-refractivity contribution in [2.75, 3.05) is 13.2 Å². The maximum absolute atomic E-state index is 12.2. The highest BCUT2D eigenvalue weighted by Gasteiger charge is 2.72. The summed E-state index contributed by atoms with van der Waals surface area (Å²) in [6.07, 6.45) is -17.2. The van der Waals surface area contributed by atoms with Crippen molar-refractivity contribution >= 4 is 11.9 Å². The molecule has 1 spiro atoms. The molecule has 20 nitrogen and oxygen atoms in total. The molecule has 0 radical (unpaired) electrons. The Morgan fingerprint density at radius 1 is 0.765 bits per heavy atom. The number of carbonyl (C=O) groups is 2. The van der Waals surface area contributed by atoms with E-state index >= 15 is 0 Å². The van der Waals surface area contributed by atoms with Crippen molar-refractivity contribution in [2.45, 2.75) is 209 Å². The Kier molecular flexibility index (Phi) is 13.9. The Labute approximate surface area is 395 Å². The fourth-order valence-corrected chi connectivity index (χ4v) is 14.4. The van der Waals surface area contributed by atoms with Gasteiger partial charge in [0.25, 0.3) is 0 Å². The highest BCUT2D eigenvalue weighted by molar-refractivity contribution is 5.67. The van der Waals surface area contributed by atoms with Crippen LogP contribution in [0.2, 0.25) is 0 Å². The average Bonchev–Trinajstić information content (AvgIpc) is 3.74. The molecule has 0 aromatic carbocycles. The van der Waals surface area contributed by atoms with Gasteiger partial charge in [-0.15, -0.1) is 0 Å². The van der Waals surface area contributed by atoms with Crippen LogP contribution in [-0.4, -0.2) is 188 Å². The van der Waals surface area contributed by atoms with Crippen molar-refractivity contribution in [2.24, 2.45) is 40.4 Å². The Balaban J connectivity index is 0.931. The second-order valence-corrected chi connectivity index (χ2v) is 21.7. The fraction of sp³-hybridized carbons (Fsp3) is 0.875. The molecule has 5 aliphatic heterocycles. The number of esters is 2. The second-order valence-electron chi connectivity index (χ2n) is 21.7. The molecule has 0 aromatic heterocycles. The third kappa shape index (κ3) is 8.23. The minimum Gasteiger partial charge on any atom is -0.456 e. The molecule has 0 unspecified atom stereocenters. The Morgan fingerprint density at radius 3 is 2.15 bits per heavy atom. The molecule has 20 heteroatoms. The topological polar surface area (TPSA) is 288 Å². The standard InChI is InChI=1S/C48H72O20/c1-18-16-60-48(42(58)38(18)66-43-36(56)35(55)33(53)20(3)61-43)19(2)32-30(68-48)15-28-26-10-9-24-13-25(51)14-31(47(24,8)27(26)11-12-46(28,32)7)65-45-41(34(54)29(52)17-59-45)67-44-37(57)40(64-23(6)50)39(21(4)62-44)63-22(5)49/h9,19-21,25-45,51-58H,1,10-17H2,2-8H3/t19-,20+,21-,25+,26+,27-,28-,29-,30-,31+,32-,33-,34-,35-,36+,37+,38-,39-,40-,41+,42-,43-,44-,45-,46-,47-,48-/m0/s1. The summed E-state index contributed by atoms with van der Waals surface area (Å²) in [5.41, 5.74) is 0.624. The van der Waals surface area contributed by atoms with Crippen LogP contribution in [0.3, 0.4) is 0 Å². The first kappa shape index (κ1) is 50.7. The molecule has 0 amide bonds. The van der Waals surface area contributed by atoms with Crippen LogP contribution in [0.5, 0.6) is 0 Å². The van der Waals surface area contributed by atoms with E-state index in [1.165, 1.54) is 6.92 Å². The number of rotatable bonds is 8. The van der Waals surface area contributed by atoms with Gasteiger partial charge in [0.05, 0.1) is 43.7 Å². The number of ether oxygens (including phenoxy) is 10. The van der Waals surface area contributed by atoms with Crippen molar-refractivity contribution in [3.8, 4) is 0 Å². The number of fused-ring (bicyclic) bond motifs is 7. The SMILES string of the molecule is C=C1CO[C@@]2(O[C@H]3C[C@H]4[C@@H]5CC=C6C[C@@H](O)C[C@@H](O[C@@H]7OC[C@H](O)[C@H](O)[C@H]7O[C@@H]7O[C@@H](C)[C@H](OC(C)=O)[C@@H](OC(C)=O)[C@H]7O)[C@]6(C)[C@H]5CC[C@]4(C)[C@H]3[C@@H]2C)[C@@H](O)[C@H]1O[C@@H]1O[C@H](C)[C@H](O)[C@H](O)[C@H]1O. The van der Waals surface area contributed by atoms with E-state index in [0.717, 1.165) is 31.8 Å². The van der Waals surface area contributed by atoms with Crippen LogP contribution in [0.1, 0.15) is 87.0 Å². The van der Waals surface area contributed by atoms with E-state index in [9.17, 15) is 50.4 Å². The fourth-order valence-electron chi connectivity index (χ4n) is 14.4. The smallest absolute Gasteiger partial charge is 0.303 e. The zero-order valence-corrected chi connectivity index (χ0v) is 39.8. The third-order valence-electron chi connectivity index (χ3n) is 17.8. The van der Waals surface area contributed by atoms with Gasteiger partial charge in [-0.1, -0.05) is 39.0 Å². The van der Waals surface area contributed by atoms with Crippen LogP contribution in [0.4, 0.5) is 0 Å². The number of carbonyl (C=O) groups excluding carboxylic acids is 2. The van der Waals surface area contributed by atoms with Gasteiger partial charge in [-0.2, -0.15) is 0 Å². The van der Waals surface area contributed by atoms with Crippen molar-refractivity contribution in [1.29, 1.82) is 0 Å². The van der Waals surface area contributed by atoms with Crippen LogP contribution >= 0.6 is 0 Å². The first-order valence-corrected chi connectivity index (χ1v) is 24.4. The van der Waals surface area contributed by atoms with Crippen molar-refractivity contribution < 1.29 is 97.8 Å². The summed E-state index contributed by atoms with van der Waals surface area (Å²) in [6, 6.07) is 0. The molecule has 384 valence electrons. The summed E-state index contributed by atoms with van der Waals surface area (Å²) < 4.78 is 61.2. The lowest BCUT2D eigenvalue weighted by Crippen LogP contribution is -2.64. The highest BCUT2D eigenvalue weighted by atomic mass is 16.8. The van der Waals surface area contributed by atoms with Gasteiger partial charge in [0.15, 0.2) is 31.1 Å². The van der Waals surface area contributed by atoms with Crippen molar-refractivity contribution in [3.63, 3.8) is 0 Å². The Morgan fingerprint density at radius 2 is 1.44 bits per heavy atom. The molecule has 9 aliphatic rings. The van der Waals surface area contributed by atoms with Gasteiger partial charge in [0, 0.05) is 31.6 Å². The molecular weight excluding hydrogens is 897 g/mol. The van der Waals surface area contributed by atoms with Gasteiger partial charge >= 0.3 is 11.9 Å². The lowest BCUT2D eigenvalue weighted by molar-refractivity contribution is -0.363. The van der Waals surface area contributed by atoms with Gasteiger partial charge in [-0.25, -0.2) is 0 Å². The van der Waals surface area contributed by atoms with Crippen molar-refractivity contribution in [1.82, 2.24) is 0 Å². The van der Waals surface area contributed by atoms with Crippen LogP contribution in [0, 0.1) is 40.4 Å². The molecule has 9 rings (SSSR count). The normalized spacial score (nSPS) is 54.5. The molecule has 27 atom stereocenters. The molecule has 0 aromatic rings. The molecule has 0 bridgehead atoms. The number of allylic oxidation sites excluding steroid dienone is 1. The quantitative estimate of drug-likeness (QED) is 0.116. The molecule has 5 saturated heterocycles. The molecule has 3 saturated carbocycles. The van der Waals surface area contributed by atoms with Gasteiger partial charge < -0.3 is 88.2 Å². The Hall–Kier alpha value is -2.22. The predicted molar refractivity (Wildman–Crippen MR) is 230 cm³/mol. The molecule has 4 aliphatic carbocycles. The molecule has 8 fully saturated rings. The van der Waals surface area contributed by atoms with Gasteiger partial charge in [-0.05, 0) is 80.6 Å². The summed E-state index contributed by atoms with van der Waals surface area (Å²) >= 11 is 0. The van der Waals surface area contributed by atoms with Gasteiger partial charge in [0.1, 0.15) is 54.9 Å². The van der Waals surface area contributed by atoms with Crippen LogP contribution in [0.25, 0.3) is 0 Å². The zero-order chi connectivity index (χ0) is 49.1. The highest BCUT2D eigenvalue weighted by Crippen LogP contribution is 2.71. The zero-order valence-electron chi connectivity index (χ0n) is 39.8. The van der Waals surface area contributed by atoms with Gasteiger partial charge in [0.2, 0.25) is 5.79 Å². The predicted octanol–water partition coefficient (Wildman–Crippen LogP) is -0.145. The second kappa shape index (κ2) is 18.7. The summed E-state index contributed by atoms with van der Waals surface area (Å²) in [6.45, 7) is 15.8. The minimum atomic E-state index is -1.69. The van der Waals surface area contributed by atoms with E-state index in [4.69, 9.17) is 47.4 Å². The van der Waals surface area contributed by atoms with Crippen LogP contribution < -0.4 is 0 Å². The van der Waals surface area contributed by atoms with E-state index in [0.29, 0.717) is 18.4 Å². The number of hydrogen-bond acceptors (Lipinski definition) is 20. The summed E-state index contributed by atoms with van der Waals surface area (Å²) in [7, 11) is 0. The lowest BCUT2D eigenvalue weighted by Gasteiger charge is -2.60. The minimum absolute atomic E-state index is 0.0182. The van der Waals surface area contributed by atoms with Crippen molar-refractivity contribution in [3.05, 3.63) is 23.8 Å². The summed E-state index contributed by atoms with van der Waals surface area (Å²) in [5, 5.41) is 88.7. The number of aliphatic hydroxyl groups excluding tert-OH is 8. The summed E-state index contributed by atoms with van der Waals surface area (Å²) in [5.74, 6) is -2.78.